The number of nitrogens with zero attached hydrogens (tertiary/aromatic N) is 1. The highest BCUT2D eigenvalue weighted by Gasteiger charge is 2.43. The number of hydrogen-bond acceptors (Lipinski definition) is 4. The SMILES string of the molecule is CC(C)CNC(=O)C1CSC(C(C)C)N1C(=O)c1ccco1. The van der Waals surface area contributed by atoms with Gasteiger partial charge in [-0.2, -0.15) is 0 Å². The molecule has 1 saturated heterocycles. The molecule has 5 nitrogen and oxygen atoms in total. The molecule has 0 spiro atoms. The van der Waals surface area contributed by atoms with Crippen molar-refractivity contribution in [3.8, 4) is 0 Å². The van der Waals surface area contributed by atoms with Gasteiger partial charge in [0.15, 0.2) is 5.76 Å². The van der Waals surface area contributed by atoms with Crippen molar-refractivity contribution >= 4 is 23.6 Å². The van der Waals surface area contributed by atoms with Crippen molar-refractivity contribution in [2.24, 2.45) is 11.8 Å². The van der Waals surface area contributed by atoms with Gasteiger partial charge in [-0.05, 0) is 24.0 Å². The molecular weight excluding hydrogens is 300 g/mol. The van der Waals surface area contributed by atoms with Crippen LogP contribution in [0.4, 0.5) is 0 Å². The standard InChI is InChI=1S/C16H24N2O3S/c1-10(2)8-17-14(19)12-9-22-16(11(3)4)18(12)15(20)13-6-5-7-21-13/h5-7,10-12,16H,8-9H2,1-4H3,(H,17,19). The van der Waals surface area contributed by atoms with Crippen molar-refractivity contribution in [1.29, 1.82) is 0 Å². The second-order valence-corrected chi connectivity index (χ2v) is 7.46. The fourth-order valence-electron chi connectivity index (χ4n) is 2.45. The van der Waals surface area contributed by atoms with E-state index < -0.39 is 6.04 Å². The predicted molar refractivity (Wildman–Crippen MR) is 87.6 cm³/mol. The lowest BCUT2D eigenvalue weighted by Crippen LogP contribution is -2.51. The number of carbonyl (C=O) groups is 2. The summed E-state index contributed by atoms with van der Waals surface area (Å²) in [6.45, 7) is 8.84. The molecular formula is C16H24N2O3S. The van der Waals surface area contributed by atoms with E-state index in [1.165, 1.54) is 6.26 Å². The minimum atomic E-state index is -0.436. The second-order valence-electron chi connectivity index (χ2n) is 6.31. The summed E-state index contributed by atoms with van der Waals surface area (Å²) in [5, 5.41) is 2.93. The Kier molecular flexibility index (Phi) is 5.56. The van der Waals surface area contributed by atoms with E-state index in [0.29, 0.717) is 18.2 Å². The third-order valence-corrected chi connectivity index (χ3v) is 5.18. The van der Waals surface area contributed by atoms with Crippen LogP contribution in [-0.4, -0.2) is 40.4 Å². The maximum Gasteiger partial charge on any atom is 0.291 e. The highest BCUT2D eigenvalue weighted by atomic mass is 32.2. The molecule has 1 fully saturated rings. The normalized spacial score (nSPS) is 21.6. The summed E-state index contributed by atoms with van der Waals surface area (Å²) in [6, 6.07) is 2.90. The molecule has 122 valence electrons. The predicted octanol–water partition coefficient (Wildman–Crippen LogP) is 2.59. The Balaban J connectivity index is 2.18. The van der Waals surface area contributed by atoms with Crippen molar-refractivity contribution in [1.82, 2.24) is 10.2 Å². The van der Waals surface area contributed by atoms with Crippen molar-refractivity contribution < 1.29 is 14.0 Å². The number of rotatable bonds is 5. The summed E-state index contributed by atoms with van der Waals surface area (Å²) in [6.07, 6.45) is 1.48. The summed E-state index contributed by atoms with van der Waals surface area (Å²) in [5.41, 5.74) is 0. The van der Waals surface area contributed by atoms with E-state index in [2.05, 4.69) is 19.2 Å². The highest BCUT2D eigenvalue weighted by Crippen LogP contribution is 2.35. The summed E-state index contributed by atoms with van der Waals surface area (Å²) in [5.74, 6) is 1.27. The molecule has 1 aromatic heterocycles. The molecule has 1 aliphatic heterocycles. The monoisotopic (exact) mass is 324 g/mol. The van der Waals surface area contributed by atoms with Crippen LogP contribution in [0.2, 0.25) is 0 Å². The smallest absolute Gasteiger partial charge is 0.291 e. The fourth-order valence-corrected chi connectivity index (χ4v) is 3.93. The van der Waals surface area contributed by atoms with Crippen molar-refractivity contribution in [2.75, 3.05) is 12.3 Å². The molecule has 0 saturated carbocycles. The van der Waals surface area contributed by atoms with E-state index in [9.17, 15) is 9.59 Å². The van der Waals surface area contributed by atoms with E-state index in [0.717, 1.165) is 0 Å². The summed E-state index contributed by atoms with van der Waals surface area (Å²) >= 11 is 1.66. The zero-order chi connectivity index (χ0) is 16.3. The molecule has 1 N–H and O–H groups in total. The summed E-state index contributed by atoms with van der Waals surface area (Å²) < 4.78 is 5.23. The molecule has 2 rings (SSSR count). The van der Waals surface area contributed by atoms with Gasteiger partial charge < -0.3 is 14.6 Å². The van der Waals surface area contributed by atoms with Gasteiger partial charge in [0.05, 0.1) is 11.6 Å². The van der Waals surface area contributed by atoms with Crippen molar-refractivity contribution in [2.45, 2.75) is 39.1 Å². The van der Waals surface area contributed by atoms with Gasteiger partial charge in [0.1, 0.15) is 6.04 Å². The van der Waals surface area contributed by atoms with E-state index in [1.807, 2.05) is 13.8 Å². The van der Waals surface area contributed by atoms with Gasteiger partial charge in [-0.3, -0.25) is 9.59 Å². The number of amides is 2. The lowest BCUT2D eigenvalue weighted by atomic mass is 10.1. The van der Waals surface area contributed by atoms with Crippen LogP contribution < -0.4 is 5.32 Å². The first kappa shape index (κ1) is 16.9. The van der Waals surface area contributed by atoms with E-state index in [4.69, 9.17) is 4.42 Å². The molecule has 22 heavy (non-hydrogen) atoms. The zero-order valence-electron chi connectivity index (χ0n) is 13.5. The molecule has 2 amide bonds. The Hall–Kier alpha value is -1.43. The topological polar surface area (TPSA) is 62.6 Å². The van der Waals surface area contributed by atoms with E-state index in [1.54, 1.807) is 28.8 Å². The molecule has 0 bridgehead atoms. The second kappa shape index (κ2) is 7.22. The van der Waals surface area contributed by atoms with Gasteiger partial charge in [-0.25, -0.2) is 0 Å². The van der Waals surface area contributed by atoms with Crippen LogP contribution in [0.15, 0.2) is 22.8 Å². The number of nitrogens with one attached hydrogen (secondary N) is 1. The molecule has 2 atom stereocenters. The van der Waals surface area contributed by atoms with Gasteiger partial charge in [-0.1, -0.05) is 27.7 Å². The van der Waals surface area contributed by atoms with Crippen LogP contribution in [0.1, 0.15) is 38.2 Å². The third kappa shape index (κ3) is 3.66. The van der Waals surface area contributed by atoms with Crippen LogP contribution in [0.25, 0.3) is 0 Å². The average Bonchev–Trinajstić information content (AvgIpc) is 3.12. The largest absolute Gasteiger partial charge is 0.459 e. The van der Waals surface area contributed by atoms with Gasteiger partial charge in [0, 0.05) is 12.3 Å². The molecule has 0 radical (unpaired) electrons. The molecule has 1 aromatic rings. The average molecular weight is 324 g/mol. The van der Waals surface area contributed by atoms with E-state index >= 15 is 0 Å². The third-order valence-electron chi connectivity index (χ3n) is 3.56. The minimum absolute atomic E-state index is 0.00704. The molecule has 0 aliphatic carbocycles. The highest BCUT2D eigenvalue weighted by molar-refractivity contribution is 8.00. The zero-order valence-corrected chi connectivity index (χ0v) is 14.4. The summed E-state index contributed by atoms with van der Waals surface area (Å²) in [7, 11) is 0. The van der Waals surface area contributed by atoms with Crippen molar-refractivity contribution in [3.05, 3.63) is 24.2 Å². The quantitative estimate of drug-likeness (QED) is 0.904. The Bertz CT molecular complexity index is 513. The molecule has 0 aromatic carbocycles. The maximum absolute atomic E-state index is 12.7. The first-order valence-electron chi connectivity index (χ1n) is 7.67. The Morgan fingerprint density at radius 1 is 1.41 bits per heavy atom. The first-order valence-corrected chi connectivity index (χ1v) is 8.72. The summed E-state index contributed by atoms with van der Waals surface area (Å²) in [4.78, 5) is 26.9. The molecule has 1 aliphatic rings. The fraction of sp³-hybridized carbons (Fsp3) is 0.625. The lowest BCUT2D eigenvalue weighted by Gasteiger charge is -2.30. The lowest BCUT2D eigenvalue weighted by molar-refractivity contribution is -0.125. The molecule has 6 heteroatoms. The first-order chi connectivity index (χ1) is 10.4. The van der Waals surface area contributed by atoms with Crippen LogP contribution in [0, 0.1) is 11.8 Å². The van der Waals surface area contributed by atoms with Crippen LogP contribution in [-0.2, 0) is 4.79 Å². The Morgan fingerprint density at radius 2 is 2.14 bits per heavy atom. The van der Waals surface area contributed by atoms with Gasteiger partial charge in [-0.15, -0.1) is 11.8 Å². The number of hydrogen-bond donors (Lipinski definition) is 1. The van der Waals surface area contributed by atoms with Gasteiger partial charge in [0.25, 0.3) is 5.91 Å². The van der Waals surface area contributed by atoms with Crippen LogP contribution >= 0.6 is 11.8 Å². The number of furan rings is 1. The van der Waals surface area contributed by atoms with Crippen molar-refractivity contribution in [3.63, 3.8) is 0 Å². The number of thioether (sulfide) groups is 1. The van der Waals surface area contributed by atoms with Gasteiger partial charge in [0.2, 0.25) is 5.91 Å². The van der Waals surface area contributed by atoms with Gasteiger partial charge >= 0.3 is 0 Å². The van der Waals surface area contributed by atoms with Crippen LogP contribution in [0.3, 0.4) is 0 Å². The molecule has 2 heterocycles. The minimum Gasteiger partial charge on any atom is -0.459 e. The Labute approximate surface area is 135 Å². The Morgan fingerprint density at radius 3 is 2.68 bits per heavy atom. The molecule has 2 unspecified atom stereocenters. The van der Waals surface area contributed by atoms with Crippen LogP contribution in [0.5, 0.6) is 0 Å². The number of carbonyl (C=O) groups excluding carboxylic acids is 2. The van der Waals surface area contributed by atoms with E-state index in [-0.39, 0.29) is 28.9 Å². The maximum atomic E-state index is 12.7.